The predicted octanol–water partition coefficient (Wildman–Crippen LogP) is 3.35. The van der Waals surface area contributed by atoms with Gasteiger partial charge in [-0.15, -0.1) is 0 Å². The SMILES string of the molecule is CN(C)c1cccc(N(C)C[C@@H](O)[C@H](Cc2cc(F)cc(F)c2)NC(=O)C2=NN(c3ccccc3)C(=O)C2)c1. The molecule has 0 aromatic heterocycles. The third kappa shape index (κ3) is 6.97. The summed E-state index contributed by atoms with van der Waals surface area (Å²) in [4.78, 5) is 29.5. The van der Waals surface area contributed by atoms with E-state index in [1.165, 1.54) is 0 Å². The summed E-state index contributed by atoms with van der Waals surface area (Å²) in [7, 11) is 5.65. The van der Waals surface area contributed by atoms with Gasteiger partial charge < -0.3 is 20.2 Å². The van der Waals surface area contributed by atoms with Gasteiger partial charge in [-0.1, -0.05) is 24.3 Å². The Kier molecular flexibility index (Phi) is 8.55. The molecule has 3 aromatic carbocycles. The number of hydrogen-bond acceptors (Lipinski definition) is 6. The first-order chi connectivity index (χ1) is 18.6. The maximum Gasteiger partial charge on any atom is 0.268 e. The summed E-state index contributed by atoms with van der Waals surface area (Å²) in [6.45, 7) is 0.112. The number of nitrogens with one attached hydrogen (secondary N) is 1. The number of rotatable bonds is 10. The van der Waals surface area contributed by atoms with E-state index in [0.29, 0.717) is 5.69 Å². The quantitative estimate of drug-likeness (QED) is 0.416. The zero-order valence-corrected chi connectivity index (χ0v) is 22.0. The molecule has 0 bridgehead atoms. The van der Waals surface area contributed by atoms with E-state index < -0.39 is 29.7 Å². The molecule has 1 aliphatic heterocycles. The van der Waals surface area contributed by atoms with Crippen molar-refractivity contribution in [1.82, 2.24) is 5.32 Å². The van der Waals surface area contributed by atoms with Crippen LogP contribution >= 0.6 is 0 Å². The molecule has 0 radical (unpaired) electrons. The van der Waals surface area contributed by atoms with Crippen molar-refractivity contribution in [2.24, 2.45) is 5.10 Å². The van der Waals surface area contributed by atoms with Gasteiger partial charge in [-0.25, -0.2) is 8.78 Å². The van der Waals surface area contributed by atoms with Crippen LogP contribution in [0.1, 0.15) is 12.0 Å². The first-order valence-corrected chi connectivity index (χ1v) is 12.5. The molecule has 1 heterocycles. The van der Waals surface area contributed by atoms with Crippen molar-refractivity contribution in [2.45, 2.75) is 25.0 Å². The number of benzene rings is 3. The average Bonchev–Trinajstić information content (AvgIpc) is 3.30. The summed E-state index contributed by atoms with van der Waals surface area (Å²) in [6.07, 6.45) is -1.39. The molecule has 0 aliphatic carbocycles. The normalized spacial score (nSPS) is 14.6. The molecule has 10 heteroatoms. The molecule has 0 spiro atoms. The maximum atomic E-state index is 13.9. The molecule has 2 amide bonds. The molecule has 4 rings (SSSR count). The number of anilines is 3. The number of carbonyl (C=O) groups is 2. The minimum Gasteiger partial charge on any atom is -0.389 e. The monoisotopic (exact) mass is 535 g/mol. The molecule has 204 valence electrons. The van der Waals surface area contributed by atoms with Crippen molar-refractivity contribution in [2.75, 3.05) is 42.5 Å². The van der Waals surface area contributed by atoms with E-state index in [-0.39, 0.29) is 36.6 Å². The molecular weight excluding hydrogens is 504 g/mol. The van der Waals surface area contributed by atoms with Gasteiger partial charge in [-0.05, 0) is 54.4 Å². The summed E-state index contributed by atoms with van der Waals surface area (Å²) < 4.78 is 27.8. The van der Waals surface area contributed by atoms with Crippen molar-refractivity contribution in [3.63, 3.8) is 0 Å². The van der Waals surface area contributed by atoms with Gasteiger partial charge >= 0.3 is 0 Å². The predicted molar refractivity (Wildman–Crippen MR) is 148 cm³/mol. The largest absolute Gasteiger partial charge is 0.389 e. The number of aliphatic hydroxyl groups excluding tert-OH is 1. The first kappa shape index (κ1) is 27.7. The molecule has 2 atom stereocenters. The van der Waals surface area contributed by atoms with Crippen LogP contribution in [0.3, 0.4) is 0 Å². The van der Waals surface area contributed by atoms with Gasteiger partial charge in [0.05, 0.1) is 24.3 Å². The van der Waals surface area contributed by atoms with Crippen molar-refractivity contribution in [3.05, 3.63) is 90.0 Å². The Morgan fingerprint density at radius 2 is 1.67 bits per heavy atom. The van der Waals surface area contributed by atoms with Gasteiger partial charge in [0.15, 0.2) is 0 Å². The smallest absolute Gasteiger partial charge is 0.268 e. The number of hydrazone groups is 1. The fourth-order valence-corrected chi connectivity index (χ4v) is 4.37. The third-order valence-corrected chi connectivity index (χ3v) is 6.45. The van der Waals surface area contributed by atoms with Gasteiger partial charge in [-0.2, -0.15) is 10.1 Å². The second-order valence-electron chi connectivity index (χ2n) is 9.69. The van der Waals surface area contributed by atoms with Crippen LogP contribution in [-0.4, -0.2) is 62.5 Å². The van der Waals surface area contributed by atoms with Gasteiger partial charge in [-0.3, -0.25) is 9.59 Å². The van der Waals surface area contributed by atoms with Gasteiger partial charge in [0.2, 0.25) is 0 Å². The summed E-state index contributed by atoms with van der Waals surface area (Å²) >= 11 is 0. The maximum absolute atomic E-state index is 13.9. The number of para-hydroxylation sites is 1. The van der Waals surface area contributed by atoms with Crippen LogP contribution in [0.2, 0.25) is 0 Å². The Balaban J connectivity index is 1.54. The van der Waals surface area contributed by atoms with Gasteiger partial charge in [0.25, 0.3) is 11.8 Å². The zero-order chi connectivity index (χ0) is 28.1. The second-order valence-corrected chi connectivity index (χ2v) is 9.69. The molecular formula is C29H31F2N5O3. The van der Waals surface area contributed by atoms with Crippen LogP contribution < -0.4 is 20.1 Å². The second kappa shape index (κ2) is 12.0. The Bertz CT molecular complexity index is 1350. The molecule has 39 heavy (non-hydrogen) atoms. The number of aliphatic hydroxyl groups is 1. The average molecular weight is 536 g/mol. The number of hydrogen-bond donors (Lipinski definition) is 2. The van der Waals surface area contributed by atoms with Crippen LogP contribution in [0, 0.1) is 11.6 Å². The van der Waals surface area contributed by atoms with Crippen LogP contribution in [0.4, 0.5) is 25.8 Å². The topological polar surface area (TPSA) is 88.5 Å². The number of likely N-dealkylation sites (N-methyl/N-ethyl adjacent to an activating group) is 1. The molecule has 0 saturated carbocycles. The van der Waals surface area contributed by atoms with Gasteiger partial charge in [0.1, 0.15) is 17.3 Å². The summed E-state index contributed by atoms with van der Waals surface area (Å²) in [6, 6.07) is 18.6. The van der Waals surface area contributed by atoms with Crippen molar-refractivity contribution < 1.29 is 23.5 Å². The summed E-state index contributed by atoms with van der Waals surface area (Å²) in [5, 5.41) is 19.3. The van der Waals surface area contributed by atoms with E-state index in [1.807, 2.05) is 48.2 Å². The minimum absolute atomic E-state index is 0.0153. The highest BCUT2D eigenvalue weighted by Gasteiger charge is 2.32. The molecule has 1 aliphatic rings. The molecule has 0 fully saturated rings. The Morgan fingerprint density at radius 3 is 2.33 bits per heavy atom. The van der Waals surface area contributed by atoms with Crippen LogP contribution in [0.5, 0.6) is 0 Å². The zero-order valence-electron chi connectivity index (χ0n) is 22.0. The fourth-order valence-electron chi connectivity index (χ4n) is 4.37. The molecule has 3 aromatic rings. The van der Waals surface area contributed by atoms with E-state index in [4.69, 9.17) is 0 Å². The van der Waals surface area contributed by atoms with Gasteiger partial charge in [0, 0.05) is 45.1 Å². The Labute approximate surface area is 226 Å². The highest BCUT2D eigenvalue weighted by molar-refractivity contribution is 6.44. The van der Waals surface area contributed by atoms with E-state index in [1.54, 1.807) is 37.4 Å². The van der Waals surface area contributed by atoms with E-state index in [9.17, 15) is 23.5 Å². The lowest BCUT2D eigenvalue weighted by Crippen LogP contribution is -2.50. The lowest BCUT2D eigenvalue weighted by atomic mass is 9.99. The van der Waals surface area contributed by atoms with Crippen LogP contribution in [-0.2, 0) is 16.0 Å². The number of amides is 2. The number of nitrogens with zero attached hydrogens (tertiary/aromatic N) is 4. The van der Waals surface area contributed by atoms with E-state index >= 15 is 0 Å². The van der Waals surface area contributed by atoms with Crippen molar-refractivity contribution in [1.29, 1.82) is 0 Å². The molecule has 0 unspecified atom stereocenters. The van der Waals surface area contributed by atoms with Crippen molar-refractivity contribution in [3.8, 4) is 0 Å². The van der Waals surface area contributed by atoms with Crippen LogP contribution in [0.15, 0.2) is 77.9 Å². The van der Waals surface area contributed by atoms with Crippen molar-refractivity contribution >= 4 is 34.6 Å². The Hall–Kier alpha value is -4.31. The molecule has 0 saturated heterocycles. The minimum atomic E-state index is -1.13. The summed E-state index contributed by atoms with van der Waals surface area (Å²) in [5.41, 5.74) is 2.59. The third-order valence-electron chi connectivity index (χ3n) is 6.45. The van der Waals surface area contributed by atoms with E-state index in [0.717, 1.165) is 34.6 Å². The first-order valence-electron chi connectivity index (χ1n) is 12.5. The standard InChI is InChI=1S/C29H31F2N5O3/c1-34(2)23-10-7-11-24(16-23)35(3)18-27(37)25(14-19-12-20(30)15-21(31)13-19)32-29(39)26-17-28(38)36(33-26)22-8-5-4-6-9-22/h4-13,15-16,25,27,37H,14,17-18H2,1-3H3,(H,32,39)/t25-,27+/m0/s1. The lowest BCUT2D eigenvalue weighted by molar-refractivity contribution is -0.118. The molecule has 2 N–H and O–H groups in total. The summed E-state index contributed by atoms with van der Waals surface area (Å²) in [5.74, 6) is -2.52. The molecule has 8 nitrogen and oxygen atoms in total. The number of carbonyl (C=O) groups excluding carboxylic acids is 2. The highest BCUT2D eigenvalue weighted by Crippen LogP contribution is 2.22. The van der Waals surface area contributed by atoms with Crippen LogP contribution in [0.25, 0.3) is 0 Å². The highest BCUT2D eigenvalue weighted by atomic mass is 19.1. The van der Waals surface area contributed by atoms with E-state index in [2.05, 4.69) is 10.4 Å². The number of halogens is 2. The lowest BCUT2D eigenvalue weighted by Gasteiger charge is -2.29. The fraction of sp³-hybridized carbons (Fsp3) is 0.276. The Morgan fingerprint density at radius 1 is 1.00 bits per heavy atom.